The molecule has 0 spiro atoms. The molecule has 38 heavy (non-hydrogen) atoms. The van der Waals surface area contributed by atoms with Crippen LogP contribution in [0.25, 0.3) is 11.4 Å². The van der Waals surface area contributed by atoms with E-state index in [-0.39, 0.29) is 18.3 Å². The van der Waals surface area contributed by atoms with Crippen molar-refractivity contribution >= 4 is 29.1 Å². The molecular weight excluding hydrogens is 521 g/mol. The minimum Gasteiger partial charge on any atom is -0.352 e. The Morgan fingerprint density at radius 3 is 2.45 bits per heavy atom. The molecule has 1 saturated carbocycles. The van der Waals surface area contributed by atoms with E-state index in [0.29, 0.717) is 10.6 Å². The third kappa shape index (κ3) is 6.50. The third-order valence-electron chi connectivity index (χ3n) is 6.52. The number of nitrogens with zero attached hydrogens (tertiary/aromatic N) is 5. The van der Waals surface area contributed by atoms with E-state index < -0.39 is 41.8 Å². The molecule has 0 bridgehead atoms. The van der Waals surface area contributed by atoms with E-state index >= 15 is 0 Å². The molecule has 12 heteroatoms. The first-order chi connectivity index (χ1) is 18.2. The van der Waals surface area contributed by atoms with Crippen LogP contribution in [0.15, 0.2) is 48.5 Å². The lowest BCUT2D eigenvalue weighted by Crippen LogP contribution is -2.53. The van der Waals surface area contributed by atoms with Gasteiger partial charge in [0.25, 0.3) is 5.91 Å². The largest absolute Gasteiger partial charge is 0.418 e. The summed E-state index contributed by atoms with van der Waals surface area (Å²) in [6.07, 6.45) is -0.0183. The van der Waals surface area contributed by atoms with E-state index in [1.807, 2.05) is 0 Å². The Bertz CT molecular complexity index is 1260. The van der Waals surface area contributed by atoms with E-state index in [4.69, 9.17) is 11.6 Å². The topological polar surface area (TPSA) is 93.0 Å². The number of benzene rings is 2. The lowest BCUT2D eigenvalue weighted by Gasteiger charge is -2.33. The van der Waals surface area contributed by atoms with Gasteiger partial charge in [-0.05, 0) is 60.9 Å². The fourth-order valence-corrected chi connectivity index (χ4v) is 4.78. The molecule has 0 saturated heterocycles. The van der Waals surface area contributed by atoms with Gasteiger partial charge >= 0.3 is 6.18 Å². The number of hydrogen-bond donors (Lipinski definition) is 1. The van der Waals surface area contributed by atoms with Gasteiger partial charge in [0.1, 0.15) is 12.6 Å². The maximum Gasteiger partial charge on any atom is 0.418 e. The smallest absolute Gasteiger partial charge is 0.352 e. The maximum absolute atomic E-state index is 14.0. The standard InChI is InChI=1S/C26H28ClF3N6O2/c1-2-21(25(38)31-19-8-4-3-5-9-19)36(22-11-7-6-10-20(22)26(28,29)30)23(37)16-35-33-24(32-34-35)17-12-14-18(27)15-13-17/h6-7,10-15,19,21H,2-5,8-9,16H2,1H3,(H,31,38)/t21-/m1/s1. The molecule has 1 N–H and O–H groups in total. The number of hydrogen-bond acceptors (Lipinski definition) is 5. The molecule has 3 aromatic rings. The average molecular weight is 549 g/mol. The maximum atomic E-state index is 14.0. The highest BCUT2D eigenvalue weighted by Gasteiger charge is 2.39. The van der Waals surface area contributed by atoms with Crippen molar-refractivity contribution in [2.75, 3.05) is 4.90 Å². The van der Waals surface area contributed by atoms with Gasteiger partial charge in [0.05, 0.1) is 11.3 Å². The van der Waals surface area contributed by atoms with Crippen molar-refractivity contribution in [3.63, 3.8) is 0 Å². The van der Waals surface area contributed by atoms with Crippen LogP contribution in [0.2, 0.25) is 5.02 Å². The summed E-state index contributed by atoms with van der Waals surface area (Å²) in [5, 5.41) is 15.5. The minimum atomic E-state index is -4.74. The Labute approximate surface area is 223 Å². The number of para-hydroxylation sites is 1. The number of nitrogens with one attached hydrogen (secondary N) is 1. The Hall–Kier alpha value is -3.47. The summed E-state index contributed by atoms with van der Waals surface area (Å²) in [7, 11) is 0. The number of alkyl halides is 3. The van der Waals surface area contributed by atoms with Gasteiger partial charge in [-0.3, -0.25) is 14.5 Å². The van der Waals surface area contributed by atoms with Crippen LogP contribution < -0.4 is 10.2 Å². The first-order valence-corrected chi connectivity index (χ1v) is 12.9. The highest BCUT2D eigenvalue weighted by Crippen LogP contribution is 2.37. The third-order valence-corrected chi connectivity index (χ3v) is 6.77. The van der Waals surface area contributed by atoms with E-state index in [1.54, 1.807) is 31.2 Å². The van der Waals surface area contributed by atoms with Gasteiger partial charge in [-0.2, -0.15) is 18.0 Å². The predicted octanol–water partition coefficient (Wildman–Crippen LogP) is 5.27. The van der Waals surface area contributed by atoms with Crippen molar-refractivity contribution in [3.8, 4) is 11.4 Å². The van der Waals surface area contributed by atoms with E-state index in [2.05, 4.69) is 20.7 Å². The Morgan fingerprint density at radius 2 is 1.79 bits per heavy atom. The van der Waals surface area contributed by atoms with E-state index in [0.717, 1.165) is 47.9 Å². The number of halogens is 4. The van der Waals surface area contributed by atoms with Crippen LogP contribution >= 0.6 is 11.6 Å². The number of carbonyl (C=O) groups excluding carboxylic acids is 2. The van der Waals surface area contributed by atoms with Gasteiger partial charge in [-0.25, -0.2) is 0 Å². The molecule has 1 fully saturated rings. The summed E-state index contributed by atoms with van der Waals surface area (Å²) in [5.74, 6) is -1.04. The van der Waals surface area contributed by atoms with Crippen LogP contribution in [-0.2, 0) is 22.3 Å². The van der Waals surface area contributed by atoms with Crippen LogP contribution in [-0.4, -0.2) is 44.1 Å². The number of rotatable bonds is 8. The lowest BCUT2D eigenvalue weighted by molar-refractivity contribution is -0.137. The highest BCUT2D eigenvalue weighted by molar-refractivity contribution is 6.30. The second-order valence-electron chi connectivity index (χ2n) is 9.20. The average Bonchev–Trinajstić information content (AvgIpc) is 3.36. The van der Waals surface area contributed by atoms with Crippen LogP contribution in [0.3, 0.4) is 0 Å². The molecule has 0 unspecified atom stereocenters. The summed E-state index contributed by atoms with van der Waals surface area (Å²) < 4.78 is 41.9. The fraction of sp³-hybridized carbons (Fsp3) is 0.423. The molecule has 1 aliphatic rings. The number of anilines is 1. The zero-order valence-corrected chi connectivity index (χ0v) is 21.5. The van der Waals surface area contributed by atoms with Crippen molar-refractivity contribution < 1.29 is 22.8 Å². The molecular formula is C26H28ClF3N6O2. The van der Waals surface area contributed by atoms with Crippen molar-refractivity contribution in [1.82, 2.24) is 25.5 Å². The quantitative estimate of drug-likeness (QED) is 0.414. The van der Waals surface area contributed by atoms with Crippen molar-refractivity contribution in [2.45, 2.75) is 70.3 Å². The van der Waals surface area contributed by atoms with Crippen LogP contribution in [0.5, 0.6) is 0 Å². The Balaban J connectivity index is 1.65. The van der Waals surface area contributed by atoms with E-state index in [9.17, 15) is 22.8 Å². The van der Waals surface area contributed by atoms with Crippen molar-refractivity contribution in [2.24, 2.45) is 0 Å². The second kappa shape index (κ2) is 11.9. The molecule has 0 radical (unpaired) electrons. The number of aromatic nitrogens is 4. The molecule has 8 nitrogen and oxygen atoms in total. The summed E-state index contributed by atoms with van der Waals surface area (Å²) in [5.41, 5.74) is -0.801. The number of tetrazole rings is 1. The molecule has 0 aliphatic heterocycles. The van der Waals surface area contributed by atoms with Gasteiger partial charge < -0.3 is 5.32 Å². The molecule has 1 atom stereocenters. The molecule has 4 rings (SSSR count). The summed E-state index contributed by atoms with van der Waals surface area (Å²) in [6, 6.07) is 10.2. The van der Waals surface area contributed by atoms with Crippen LogP contribution in [0.4, 0.5) is 18.9 Å². The molecule has 1 aromatic heterocycles. The normalized spacial score (nSPS) is 15.2. The summed E-state index contributed by atoms with van der Waals surface area (Å²) in [4.78, 5) is 28.9. The molecule has 1 aliphatic carbocycles. The van der Waals surface area contributed by atoms with Gasteiger partial charge in [-0.1, -0.05) is 49.9 Å². The minimum absolute atomic E-state index is 0.0703. The first kappa shape index (κ1) is 27.6. The molecule has 2 aromatic carbocycles. The summed E-state index contributed by atoms with van der Waals surface area (Å²) in [6.45, 7) is 1.15. The van der Waals surface area contributed by atoms with Crippen LogP contribution in [0, 0.1) is 0 Å². The highest BCUT2D eigenvalue weighted by atomic mass is 35.5. The van der Waals surface area contributed by atoms with Crippen molar-refractivity contribution in [1.29, 1.82) is 0 Å². The zero-order chi connectivity index (χ0) is 27.3. The number of carbonyl (C=O) groups is 2. The first-order valence-electron chi connectivity index (χ1n) is 12.5. The molecule has 2 amide bonds. The van der Waals surface area contributed by atoms with Crippen molar-refractivity contribution in [3.05, 3.63) is 59.1 Å². The van der Waals surface area contributed by atoms with E-state index in [1.165, 1.54) is 18.2 Å². The molecule has 1 heterocycles. The van der Waals surface area contributed by atoms with Gasteiger partial charge in [0.15, 0.2) is 0 Å². The summed E-state index contributed by atoms with van der Waals surface area (Å²) >= 11 is 5.92. The van der Waals surface area contributed by atoms with Gasteiger partial charge in [0, 0.05) is 16.6 Å². The molecule has 202 valence electrons. The Kier molecular flexibility index (Phi) is 8.65. The van der Waals surface area contributed by atoms with Gasteiger partial charge in [0.2, 0.25) is 11.7 Å². The van der Waals surface area contributed by atoms with Gasteiger partial charge in [-0.15, -0.1) is 10.2 Å². The Morgan fingerprint density at radius 1 is 1.11 bits per heavy atom. The SMILES string of the molecule is CC[C@H](C(=O)NC1CCCCC1)N(C(=O)Cn1nnc(-c2ccc(Cl)cc2)n1)c1ccccc1C(F)(F)F. The van der Waals surface area contributed by atoms with Crippen LogP contribution in [0.1, 0.15) is 51.0 Å². The lowest BCUT2D eigenvalue weighted by atomic mass is 9.95. The zero-order valence-electron chi connectivity index (χ0n) is 20.8. The fourth-order valence-electron chi connectivity index (χ4n) is 4.65. The monoisotopic (exact) mass is 548 g/mol. The predicted molar refractivity (Wildman–Crippen MR) is 136 cm³/mol. The second-order valence-corrected chi connectivity index (χ2v) is 9.63. The number of amides is 2.